The fourth-order valence-corrected chi connectivity index (χ4v) is 4.01. The Kier molecular flexibility index (Phi) is 5.33. The molecule has 1 aliphatic carbocycles. The van der Waals surface area contributed by atoms with Crippen LogP contribution >= 0.6 is 0 Å². The number of nitrogens with one attached hydrogen (secondary N) is 1. The third-order valence-corrected chi connectivity index (χ3v) is 5.37. The summed E-state index contributed by atoms with van der Waals surface area (Å²) in [5.41, 5.74) is 3.13. The van der Waals surface area contributed by atoms with Crippen LogP contribution in [0.4, 0.5) is 0 Å². The average Bonchev–Trinajstić information content (AvgIpc) is 3.40. The molecule has 27 heavy (non-hydrogen) atoms. The average molecular weight is 359 g/mol. The molecule has 1 aromatic heterocycles. The van der Waals surface area contributed by atoms with Crippen LogP contribution in [-0.2, 0) is 11.2 Å². The van der Waals surface area contributed by atoms with Crippen LogP contribution in [-0.4, -0.2) is 15.7 Å². The van der Waals surface area contributed by atoms with Crippen molar-refractivity contribution in [2.75, 3.05) is 0 Å². The molecule has 4 nitrogen and oxygen atoms in total. The highest BCUT2D eigenvalue weighted by atomic mass is 16.1. The number of nitrogens with zero attached hydrogens (tertiary/aromatic N) is 2. The maximum absolute atomic E-state index is 12.8. The molecule has 3 aromatic rings. The number of hydrogen-bond acceptors (Lipinski definition) is 2. The van der Waals surface area contributed by atoms with Crippen molar-refractivity contribution in [1.29, 1.82) is 0 Å². The van der Waals surface area contributed by atoms with Gasteiger partial charge in [-0.15, -0.1) is 0 Å². The largest absolute Gasteiger partial charge is 0.349 e. The molecule has 1 fully saturated rings. The highest BCUT2D eigenvalue weighted by Gasteiger charge is 2.27. The topological polar surface area (TPSA) is 46.9 Å². The normalized spacial score (nSPS) is 15.6. The number of amides is 1. The van der Waals surface area contributed by atoms with Gasteiger partial charge < -0.3 is 5.32 Å². The quantitative estimate of drug-likeness (QED) is 0.706. The molecule has 1 N–H and O–H groups in total. The van der Waals surface area contributed by atoms with Crippen molar-refractivity contribution in [3.63, 3.8) is 0 Å². The van der Waals surface area contributed by atoms with Gasteiger partial charge in [0.15, 0.2) is 0 Å². The van der Waals surface area contributed by atoms with E-state index in [1.165, 1.54) is 31.2 Å². The van der Waals surface area contributed by atoms with Gasteiger partial charge in [-0.2, -0.15) is 5.10 Å². The molecule has 1 amide bonds. The number of carbonyl (C=O) groups excluding carboxylic acids is 1. The van der Waals surface area contributed by atoms with Gasteiger partial charge in [0.1, 0.15) is 0 Å². The molecule has 1 saturated carbocycles. The SMILES string of the molecule is O=C(Cc1cnn(-c2ccccc2)c1)NC(c1ccccc1)C1CCCC1. The summed E-state index contributed by atoms with van der Waals surface area (Å²) in [6, 6.07) is 20.4. The molecule has 1 aliphatic rings. The number of para-hydroxylation sites is 1. The summed E-state index contributed by atoms with van der Waals surface area (Å²) in [5.74, 6) is 0.590. The van der Waals surface area contributed by atoms with Crippen LogP contribution in [0, 0.1) is 5.92 Å². The predicted molar refractivity (Wildman–Crippen MR) is 107 cm³/mol. The Hall–Kier alpha value is -2.88. The summed E-state index contributed by atoms with van der Waals surface area (Å²) < 4.78 is 1.81. The van der Waals surface area contributed by atoms with Crippen LogP contribution in [0.1, 0.15) is 42.9 Å². The van der Waals surface area contributed by atoms with Crippen LogP contribution in [0.25, 0.3) is 5.69 Å². The molecule has 0 saturated heterocycles. The van der Waals surface area contributed by atoms with E-state index in [1.807, 2.05) is 59.4 Å². The monoisotopic (exact) mass is 359 g/mol. The third kappa shape index (κ3) is 4.27. The Morgan fingerprint density at radius 3 is 2.41 bits per heavy atom. The Morgan fingerprint density at radius 1 is 1.04 bits per heavy atom. The van der Waals surface area contributed by atoms with E-state index in [0.29, 0.717) is 12.3 Å². The van der Waals surface area contributed by atoms with Crippen LogP contribution in [0.2, 0.25) is 0 Å². The molecule has 138 valence electrons. The second-order valence-corrected chi connectivity index (χ2v) is 7.31. The van der Waals surface area contributed by atoms with Crippen LogP contribution in [0.3, 0.4) is 0 Å². The lowest BCUT2D eigenvalue weighted by molar-refractivity contribution is -0.121. The first-order valence-electron chi connectivity index (χ1n) is 9.73. The summed E-state index contributed by atoms with van der Waals surface area (Å²) in [6.07, 6.45) is 8.95. The highest BCUT2D eigenvalue weighted by molar-refractivity contribution is 5.79. The van der Waals surface area contributed by atoms with E-state index in [4.69, 9.17) is 0 Å². The van der Waals surface area contributed by atoms with Gasteiger partial charge in [0, 0.05) is 6.20 Å². The smallest absolute Gasteiger partial charge is 0.225 e. The number of hydrogen-bond donors (Lipinski definition) is 1. The van der Waals surface area contributed by atoms with Gasteiger partial charge in [-0.3, -0.25) is 4.79 Å². The lowest BCUT2D eigenvalue weighted by atomic mass is 9.91. The summed E-state index contributed by atoms with van der Waals surface area (Å²) >= 11 is 0. The van der Waals surface area contributed by atoms with Crippen LogP contribution in [0.15, 0.2) is 73.1 Å². The predicted octanol–water partition coefficient (Wildman–Crippen LogP) is 4.46. The van der Waals surface area contributed by atoms with Crippen molar-refractivity contribution in [3.8, 4) is 5.69 Å². The molecule has 4 rings (SSSR count). The number of rotatable bonds is 6. The molecule has 0 bridgehead atoms. The molecule has 0 radical (unpaired) electrons. The fraction of sp³-hybridized carbons (Fsp3) is 0.304. The molecular weight excluding hydrogens is 334 g/mol. The summed E-state index contributed by atoms with van der Waals surface area (Å²) in [7, 11) is 0. The molecule has 1 atom stereocenters. The third-order valence-electron chi connectivity index (χ3n) is 5.37. The van der Waals surface area contributed by atoms with Gasteiger partial charge in [0.05, 0.1) is 24.3 Å². The van der Waals surface area contributed by atoms with E-state index >= 15 is 0 Å². The van der Waals surface area contributed by atoms with Crippen LogP contribution < -0.4 is 5.32 Å². The minimum absolute atomic E-state index is 0.0587. The van der Waals surface area contributed by atoms with Crippen molar-refractivity contribution in [2.24, 2.45) is 5.92 Å². The molecule has 4 heteroatoms. The maximum atomic E-state index is 12.8. The Morgan fingerprint density at radius 2 is 1.70 bits per heavy atom. The fourth-order valence-electron chi connectivity index (χ4n) is 4.01. The van der Waals surface area contributed by atoms with E-state index in [0.717, 1.165) is 11.3 Å². The van der Waals surface area contributed by atoms with Crippen molar-refractivity contribution >= 4 is 5.91 Å². The van der Waals surface area contributed by atoms with Gasteiger partial charge in [0.25, 0.3) is 0 Å². The molecular formula is C23H25N3O. The van der Waals surface area contributed by atoms with Crippen molar-refractivity contribution < 1.29 is 4.79 Å². The first-order valence-corrected chi connectivity index (χ1v) is 9.73. The van der Waals surface area contributed by atoms with Crippen molar-refractivity contribution in [3.05, 3.63) is 84.2 Å². The molecule has 2 aromatic carbocycles. The number of carbonyl (C=O) groups is 1. The Bertz CT molecular complexity index is 867. The maximum Gasteiger partial charge on any atom is 0.225 e. The van der Waals surface area contributed by atoms with E-state index in [9.17, 15) is 4.79 Å². The van der Waals surface area contributed by atoms with E-state index in [-0.39, 0.29) is 11.9 Å². The summed E-state index contributed by atoms with van der Waals surface area (Å²) in [4.78, 5) is 12.8. The summed E-state index contributed by atoms with van der Waals surface area (Å²) in [6.45, 7) is 0. The Labute approximate surface area is 160 Å². The van der Waals surface area contributed by atoms with Gasteiger partial charge in [-0.25, -0.2) is 4.68 Å². The molecule has 1 heterocycles. The zero-order valence-corrected chi connectivity index (χ0v) is 15.4. The minimum atomic E-state index is 0.0587. The lowest BCUT2D eigenvalue weighted by Crippen LogP contribution is -2.33. The zero-order chi connectivity index (χ0) is 18.5. The minimum Gasteiger partial charge on any atom is -0.349 e. The Balaban J connectivity index is 1.45. The first-order chi connectivity index (χ1) is 13.3. The van der Waals surface area contributed by atoms with Gasteiger partial charge in [0.2, 0.25) is 5.91 Å². The standard InChI is InChI=1S/C23H25N3O/c27-22(15-18-16-24-26(17-18)21-13-5-2-6-14-21)25-23(20-11-7-8-12-20)19-9-3-1-4-10-19/h1-6,9-10,13-14,16-17,20,23H,7-8,11-12,15H2,(H,25,27). The van der Waals surface area contributed by atoms with E-state index in [2.05, 4.69) is 22.5 Å². The van der Waals surface area contributed by atoms with Gasteiger partial charge >= 0.3 is 0 Å². The van der Waals surface area contributed by atoms with E-state index < -0.39 is 0 Å². The van der Waals surface area contributed by atoms with Crippen molar-refractivity contribution in [2.45, 2.75) is 38.1 Å². The molecule has 1 unspecified atom stereocenters. The van der Waals surface area contributed by atoms with Gasteiger partial charge in [-0.1, -0.05) is 61.4 Å². The summed E-state index contributed by atoms with van der Waals surface area (Å²) in [5, 5.41) is 7.69. The first kappa shape index (κ1) is 17.5. The lowest BCUT2D eigenvalue weighted by Gasteiger charge is -2.25. The zero-order valence-electron chi connectivity index (χ0n) is 15.4. The molecule has 0 aliphatic heterocycles. The number of aromatic nitrogens is 2. The van der Waals surface area contributed by atoms with Gasteiger partial charge in [-0.05, 0) is 42.0 Å². The highest BCUT2D eigenvalue weighted by Crippen LogP contribution is 2.35. The molecule has 0 spiro atoms. The number of benzene rings is 2. The van der Waals surface area contributed by atoms with Crippen molar-refractivity contribution in [1.82, 2.24) is 15.1 Å². The second kappa shape index (κ2) is 8.21. The second-order valence-electron chi connectivity index (χ2n) is 7.31. The van der Waals surface area contributed by atoms with Crippen LogP contribution in [0.5, 0.6) is 0 Å². The van der Waals surface area contributed by atoms with E-state index in [1.54, 1.807) is 6.20 Å².